The van der Waals surface area contributed by atoms with Crippen LogP contribution in [0.25, 0.3) is 0 Å². The monoisotopic (exact) mass is 304 g/mol. The standard InChI is InChI=1S/C20H32O2/c1-12-10-14(21)11-13-4-5-15-16-6-7-18(22)19(16,2)9-8-17(15)20(12,13)3/h12-13,15-18,22H,4-11H2,1-3H3/t12-,13-,15+,16+,17+,18+,19-,20-/m0/s1. The summed E-state index contributed by atoms with van der Waals surface area (Å²) in [6.07, 6.45) is 8.84. The minimum absolute atomic E-state index is 0.0747. The van der Waals surface area contributed by atoms with E-state index in [9.17, 15) is 9.90 Å². The third-order valence-electron chi connectivity index (χ3n) is 8.98. The zero-order chi connectivity index (χ0) is 15.7. The molecule has 22 heavy (non-hydrogen) atoms. The quantitative estimate of drug-likeness (QED) is 0.728. The van der Waals surface area contributed by atoms with Crippen molar-refractivity contribution in [2.75, 3.05) is 0 Å². The summed E-state index contributed by atoms with van der Waals surface area (Å²) in [4.78, 5) is 12.1. The molecule has 4 saturated carbocycles. The van der Waals surface area contributed by atoms with Gasteiger partial charge in [-0.2, -0.15) is 0 Å². The predicted molar refractivity (Wildman–Crippen MR) is 87.3 cm³/mol. The normalized spacial score (nSPS) is 57.9. The van der Waals surface area contributed by atoms with Gasteiger partial charge < -0.3 is 5.11 Å². The molecule has 4 rings (SSSR count). The molecule has 2 nitrogen and oxygen atoms in total. The smallest absolute Gasteiger partial charge is 0.133 e. The highest BCUT2D eigenvalue weighted by molar-refractivity contribution is 5.80. The molecule has 0 aromatic heterocycles. The van der Waals surface area contributed by atoms with Crippen LogP contribution in [0.4, 0.5) is 0 Å². The molecule has 4 aliphatic carbocycles. The Morgan fingerprint density at radius 3 is 2.55 bits per heavy atom. The summed E-state index contributed by atoms with van der Waals surface area (Å²) >= 11 is 0. The third-order valence-corrected chi connectivity index (χ3v) is 8.98. The molecule has 0 unspecified atom stereocenters. The van der Waals surface area contributed by atoms with E-state index >= 15 is 0 Å². The topological polar surface area (TPSA) is 37.3 Å². The Labute approximate surface area is 135 Å². The second-order valence-corrected chi connectivity index (χ2v) is 9.50. The van der Waals surface area contributed by atoms with Gasteiger partial charge in [0.1, 0.15) is 5.78 Å². The molecule has 8 atom stereocenters. The van der Waals surface area contributed by atoms with Crippen LogP contribution in [0.2, 0.25) is 0 Å². The fraction of sp³-hybridized carbons (Fsp3) is 0.950. The van der Waals surface area contributed by atoms with Crippen LogP contribution in [-0.2, 0) is 4.79 Å². The van der Waals surface area contributed by atoms with Crippen LogP contribution in [0.1, 0.15) is 72.1 Å². The van der Waals surface area contributed by atoms with Crippen LogP contribution < -0.4 is 0 Å². The van der Waals surface area contributed by atoms with E-state index in [1.165, 1.54) is 32.1 Å². The summed E-state index contributed by atoms with van der Waals surface area (Å²) in [5.74, 6) is 3.99. The molecule has 124 valence electrons. The van der Waals surface area contributed by atoms with Gasteiger partial charge in [0.25, 0.3) is 0 Å². The fourth-order valence-electron chi connectivity index (χ4n) is 7.45. The SMILES string of the molecule is C[C@H]1CC(=O)C[C@@H]2CC[C@@H]3[C@H]4CC[C@@H](O)[C@@]4(C)CC[C@H]3[C@]21C. The highest BCUT2D eigenvalue weighted by Crippen LogP contribution is 2.66. The van der Waals surface area contributed by atoms with Crippen molar-refractivity contribution in [2.45, 2.75) is 78.2 Å². The second-order valence-electron chi connectivity index (χ2n) is 9.50. The summed E-state index contributed by atoms with van der Waals surface area (Å²) in [5.41, 5.74) is 0.545. The molecule has 1 N–H and O–H groups in total. The lowest BCUT2D eigenvalue weighted by atomic mass is 9.43. The number of hydrogen-bond acceptors (Lipinski definition) is 2. The van der Waals surface area contributed by atoms with Crippen molar-refractivity contribution in [3.63, 3.8) is 0 Å². The van der Waals surface area contributed by atoms with E-state index in [0.717, 1.165) is 37.0 Å². The maximum absolute atomic E-state index is 12.1. The molecule has 0 bridgehead atoms. The van der Waals surface area contributed by atoms with Crippen LogP contribution in [0.3, 0.4) is 0 Å². The van der Waals surface area contributed by atoms with E-state index in [1.54, 1.807) is 0 Å². The lowest BCUT2D eigenvalue weighted by Gasteiger charge is -2.62. The molecule has 0 aliphatic heterocycles. The van der Waals surface area contributed by atoms with Gasteiger partial charge >= 0.3 is 0 Å². The molecule has 0 heterocycles. The molecule has 0 spiro atoms. The Bertz CT molecular complexity index is 486. The number of ketones is 1. The van der Waals surface area contributed by atoms with Gasteiger partial charge in [-0.1, -0.05) is 20.8 Å². The molecular formula is C20H32O2. The highest BCUT2D eigenvalue weighted by atomic mass is 16.3. The first-order valence-electron chi connectivity index (χ1n) is 9.57. The van der Waals surface area contributed by atoms with Crippen LogP contribution in [0, 0.1) is 40.4 Å². The van der Waals surface area contributed by atoms with Gasteiger partial charge in [0.2, 0.25) is 0 Å². The van der Waals surface area contributed by atoms with E-state index < -0.39 is 0 Å². The van der Waals surface area contributed by atoms with E-state index in [0.29, 0.717) is 23.0 Å². The maximum Gasteiger partial charge on any atom is 0.133 e. The van der Waals surface area contributed by atoms with Crippen molar-refractivity contribution < 1.29 is 9.90 Å². The third kappa shape index (κ3) is 1.79. The Morgan fingerprint density at radius 2 is 1.77 bits per heavy atom. The molecule has 4 aliphatic rings. The van der Waals surface area contributed by atoms with Gasteiger partial charge in [0, 0.05) is 12.8 Å². The number of fused-ring (bicyclic) bond motifs is 5. The van der Waals surface area contributed by atoms with Gasteiger partial charge in [-0.05, 0) is 78.9 Å². The number of carbonyl (C=O) groups excluding carboxylic acids is 1. The van der Waals surface area contributed by atoms with E-state index in [4.69, 9.17) is 0 Å². The average Bonchev–Trinajstić information content (AvgIpc) is 2.77. The lowest BCUT2D eigenvalue weighted by Crippen LogP contribution is -2.56. The second kappa shape index (κ2) is 4.82. The molecule has 0 radical (unpaired) electrons. The minimum Gasteiger partial charge on any atom is -0.393 e. The summed E-state index contributed by atoms with van der Waals surface area (Å²) < 4.78 is 0. The largest absolute Gasteiger partial charge is 0.393 e. The molecule has 0 saturated heterocycles. The molecule has 0 amide bonds. The first kappa shape index (κ1) is 15.2. The number of aliphatic hydroxyl groups is 1. The highest BCUT2D eigenvalue weighted by Gasteiger charge is 2.61. The van der Waals surface area contributed by atoms with Gasteiger partial charge in [0.05, 0.1) is 6.10 Å². The zero-order valence-electron chi connectivity index (χ0n) is 14.5. The summed E-state index contributed by atoms with van der Waals surface area (Å²) in [6, 6.07) is 0. The van der Waals surface area contributed by atoms with Crippen molar-refractivity contribution in [3.05, 3.63) is 0 Å². The number of rotatable bonds is 0. The number of carbonyl (C=O) groups is 1. The molecule has 0 aromatic rings. The van der Waals surface area contributed by atoms with Crippen LogP contribution in [0.5, 0.6) is 0 Å². The van der Waals surface area contributed by atoms with Gasteiger partial charge in [-0.3, -0.25) is 4.79 Å². The molecule has 4 fully saturated rings. The average molecular weight is 304 g/mol. The first-order chi connectivity index (χ1) is 10.4. The Morgan fingerprint density at radius 1 is 1.00 bits per heavy atom. The van der Waals surface area contributed by atoms with Gasteiger partial charge in [-0.25, -0.2) is 0 Å². The van der Waals surface area contributed by atoms with Crippen LogP contribution in [0.15, 0.2) is 0 Å². The zero-order valence-corrected chi connectivity index (χ0v) is 14.5. The van der Waals surface area contributed by atoms with E-state index in [-0.39, 0.29) is 11.5 Å². The molecule has 2 heteroatoms. The van der Waals surface area contributed by atoms with Crippen molar-refractivity contribution in [1.82, 2.24) is 0 Å². The predicted octanol–water partition coefficient (Wildman–Crippen LogP) is 4.21. The first-order valence-corrected chi connectivity index (χ1v) is 9.57. The van der Waals surface area contributed by atoms with Crippen molar-refractivity contribution >= 4 is 5.78 Å². The summed E-state index contributed by atoms with van der Waals surface area (Å²) in [6.45, 7) is 7.21. The Hall–Kier alpha value is -0.370. The molecular weight excluding hydrogens is 272 g/mol. The van der Waals surface area contributed by atoms with Crippen molar-refractivity contribution in [2.24, 2.45) is 40.4 Å². The molecule has 0 aromatic carbocycles. The Kier molecular flexibility index (Phi) is 3.32. The number of Topliss-reactive ketones (excluding diaryl/α,β-unsaturated/α-hetero) is 1. The number of aliphatic hydroxyl groups excluding tert-OH is 1. The van der Waals surface area contributed by atoms with E-state index in [1.807, 2.05) is 0 Å². The van der Waals surface area contributed by atoms with Crippen LogP contribution in [-0.4, -0.2) is 17.0 Å². The van der Waals surface area contributed by atoms with Gasteiger partial charge in [0.15, 0.2) is 0 Å². The van der Waals surface area contributed by atoms with Crippen molar-refractivity contribution in [1.29, 1.82) is 0 Å². The van der Waals surface area contributed by atoms with Crippen molar-refractivity contribution in [3.8, 4) is 0 Å². The number of hydrogen-bond donors (Lipinski definition) is 1. The van der Waals surface area contributed by atoms with Crippen LogP contribution >= 0.6 is 0 Å². The van der Waals surface area contributed by atoms with Gasteiger partial charge in [-0.15, -0.1) is 0 Å². The summed E-state index contributed by atoms with van der Waals surface area (Å²) in [5, 5.41) is 10.5. The fourth-order valence-corrected chi connectivity index (χ4v) is 7.45. The van der Waals surface area contributed by atoms with E-state index in [2.05, 4.69) is 20.8 Å². The minimum atomic E-state index is -0.0747. The lowest BCUT2D eigenvalue weighted by molar-refractivity contribution is -0.154. The summed E-state index contributed by atoms with van der Waals surface area (Å²) in [7, 11) is 0. The Balaban J connectivity index is 1.67. The maximum atomic E-state index is 12.1.